The first-order valence-electron chi connectivity index (χ1n) is 10.8. The molecule has 3 heterocycles. The van der Waals surface area contributed by atoms with Crippen molar-refractivity contribution in [2.45, 2.75) is 38.9 Å². The van der Waals surface area contributed by atoms with Crippen molar-refractivity contribution in [1.82, 2.24) is 24.9 Å². The summed E-state index contributed by atoms with van der Waals surface area (Å²) in [6, 6.07) is 4.39. The molecule has 34 heavy (non-hydrogen) atoms. The van der Waals surface area contributed by atoms with Gasteiger partial charge in [-0.15, -0.1) is 0 Å². The molecule has 11 heteroatoms. The van der Waals surface area contributed by atoms with Crippen molar-refractivity contribution in [3.05, 3.63) is 65.4 Å². The molecule has 1 fully saturated rings. The summed E-state index contributed by atoms with van der Waals surface area (Å²) in [4.78, 5) is 20.3. The van der Waals surface area contributed by atoms with Crippen molar-refractivity contribution in [3.8, 4) is 11.6 Å². The molecule has 180 valence electrons. The minimum Gasteiger partial charge on any atom is -0.475 e. The van der Waals surface area contributed by atoms with E-state index in [4.69, 9.17) is 4.74 Å². The number of ether oxygens (including phenoxy) is 1. The first-order valence-corrected chi connectivity index (χ1v) is 10.8. The molecule has 1 saturated heterocycles. The van der Waals surface area contributed by atoms with E-state index in [0.717, 1.165) is 25.0 Å². The van der Waals surface area contributed by atoms with Crippen LogP contribution in [0.3, 0.4) is 0 Å². The highest BCUT2D eigenvalue weighted by Gasteiger charge is 2.35. The van der Waals surface area contributed by atoms with Crippen LogP contribution < -0.4 is 4.74 Å². The van der Waals surface area contributed by atoms with Crippen LogP contribution in [0.5, 0.6) is 5.88 Å². The zero-order chi connectivity index (χ0) is 24.5. The molecular formula is C23H23F4N5O2. The van der Waals surface area contributed by atoms with Gasteiger partial charge in [-0.1, -0.05) is 6.92 Å². The van der Waals surface area contributed by atoms with Gasteiger partial charge in [0.15, 0.2) is 0 Å². The Hall–Kier alpha value is -3.50. The van der Waals surface area contributed by atoms with Gasteiger partial charge in [0, 0.05) is 18.8 Å². The smallest absolute Gasteiger partial charge is 0.417 e. The van der Waals surface area contributed by atoms with Crippen LogP contribution in [0.1, 0.15) is 41.3 Å². The van der Waals surface area contributed by atoms with Gasteiger partial charge in [0.1, 0.15) is 12.4 Å². The Balaban J connectivity index is 1.59. The average Bonchev–Trinajstić information content (AvgIpc) is 3.34. The Morgan fingerprint density at radius 2 is 1.91 bits per heavy atom. The summed E-state index contributed by atoms with van der Waals surface area (Å²) in [5.41, 5.74) is -0.176. The van der Waals surface area contributed by atoms with Crippen molar-refractivity contribution in [2.24, 2.45) is 5.92 Å². The topological polar surface area (TPSA) is 73.1 Å². The molecule has 0 aliphatic carbocycles. The maximum atomic E-state index is 14.5. The summed E-state index contributed by atoms with van der Waals surface area (Å²) < 4.78 is 58.5. The minimum absolute atomic E-state index is 0.0292. The molecule has 2 atom stereocenters. The van der Waals surface area contributed by atoms with Crippen LogP contribution in [0.25, 0.3) is 5.69 Å². The number of carbonyl (C=O) groups excluding carboxylic acids is 1. The second-order valence-corrected chi connectivity index (χ2v) is 8.26. The lowest BCUT2D eigenvalue weighted by atomic mass is 9.90. The molecule has 1 aliphatic heterocycles. The Bertz CT molecular complexity index is 1150. The minimum atomic E-state index is -4.49. The number of benzene rings is 1. The predicted octanol–water partition coefficient (Wildman–Crippen LogP) is 4.45. The van der Waals surface area contributed by atoms with Gasteiger partial charge in [-0.2, -0.15) is 28.2 Å². The van der Waals surface area contributed by atoms with Gasteiger partial charge in [-0.05, 0) is 49.4 Å². The van der Waals surface area contributed by atoms with E-state index in [9.17, 15) is 22.4 Å². The fourth-order valence-electron chi connectivity index (χ4n) is 4.15. The molecule has 4 rings (SSSR count). The molecule has 2 unspecified atom stereocenters. The van der Waals surface area contributed by atoms with E-state index in [1.54, 1.807) is 4.90 Å². The molecule has 1 amide bonds. The largest absolute Gasteiger partial charge is 0.475 e. The molecule has 2 aromatic heterocycles. The summed E-state index contributed by atoms with van der Waals surface area (Å²) in [5.74, 6) is -0.829. The monoisotopic (exact) mass is 477 g/mol. The normalized spacial score (nSPS) is 18.7. The lowest BCUT2D eigenvalue weighted by Crippen LogP contribution is -2.51. The molecule has 0 N–H and O–H groups in total. The second kappa shape index (κ2) is 9.40. The van der Waals surface area contributed by atoms with Crippen LogP contribution in [0.4, 0.5) is 17.6 Å². The molecular weight excluding hydrogens is 454 g/mol. The molecule has 1 aromatic carbocycles. The molecule has 1 aliphatic rings. The van der Waals surface area contributed by atoms with E-state index in [0.29, 0.717) is 18.4 Å². The second-order valence-electron chi connectivity index (χ2n) is 8.26. The van der Waals surface area contributed by atoms with Crippen LogP contribution in [0, 0.1) is 18.7 Å². The summed E-state index contributed by atoms with van der Waals surface area (Å²) in [6.45, 7) is 3.97. The number of hydrogen-bond donors (Lipinski definition) is 0. The quantitative estimate of drug-likeness (QED) is 0.508. The third kappa shape index (κ3) is 4.73. The standard InChI is InChI=1S/C23H23F4N5O2/c1-14-4-3-11-31(19(14)13-34-20-8-5-16(12-28-20)23(25,26)27)22(33)21-15(2)17(24)6-7-18(21)32-29-9-10-30-32/h5-10,12,14,19H,3-4,11,13H2,1-2H3. The Labute approximate surface area is 193 Å². The van der Waals surface area contributed by atoms with Gasteiger partial charge < -0.3 is 9.64 Å². The van der Waals surface area contributed by atoms with Crippen LogP contribution in [0.2, 0.25) is 0 Å². The molecule has 3 aromatic rings. The highest BCUT2D eigenvalue weighted by molar-refractivity contribution is 5.99. The first kappa shape index (κ1) is 23.7. The van der Waals surface area contributed by atoms with E-state index < -0.39 is 17.6 Å². The number of hydrogen-bond acceptors (Lipinski definition) is 5. The van der Waals surface area contributed by atoms with Gasteiger partial charge in [-0.25, -0.2) is 9.37 Å². The maximum absolute atomic E-state index is 14.5. The first-order chi connectivity index (χ1) is 16.2. The van der Waals surface area contributed by atoms with Crippen molar-refractivity contribution in [1.29, 1.82) is 0 Å². The van der Waals surface area contributed by atoms with Crippen molar-refractivity contribution < 1.29 is 27.1 Å². The Kier molecular flexibility index (Phi) is 6.54. The summed E-state index contributed by atoms with van der Waals surface area (Å²) in [7, 11) is 0. The van der Waals surface area contributed by atoms with Gasteiger partial charge >= 0.3 is 6.18 Å². The maximum Gasteiger partial charge on any atom is 0.417 e. The Morgan fingerprint density at radius 1 is 1.18 bits per heavy atom. The van der Waals surface area contributed by atoms with Gasteiger partial charge in [-0.3, -0.25) is 4.79 Å². The zero-order valence-electron chi connectivity index (χ0n) is 18.6. The predicted molar refractivity (Wildman–Crippen MR) is 114 cm³/mol. The Morgan fingerprint density at radius 3 is 2.56 bits per heavy atom. The highest BCUT2D eigenvalue weighted by Crippen LogP contribution is 2.31. The van der Waals surface area contributed by atoms with E-state index in [2.05, 4.69) is 15.2 Å². The van der Waals surface area contributed by atoms with E-state index in [1.807, 2.05) is 6.92 Å². The number of aromatic nitrogens is 4. The summed E-state index contributed by atoms with van der Waals surface area (Å²) >= 11 is 0. The average molecular weight is 477 g/mol. The number of piperidine rings is 1. The summed E-state index contributed by atoms with van der Waals surface area (Å²) in [5, 5.41) is 8.16. The zero-order valence-corrected chi connectivity index (χ0v) is 18.6. The fourth-order valence-corrected chi connectivity index (χ4v) is 4.15. The molecule has 0 spiro atoms. The molecule has 0 bridgehead atoms. The van der Waals surface area contributed by atoms with Crippen LogP contribution in [-0.2, 0) is 6.18 Å². The number of nitrogens with zero attached hydrogens (tertiary/aromatic N) is 5. The van der Waals surface area contributed by atoms with E-state index in [-0.39, 0.29) is 41.5 Å². The van der Waals surface area contributed by atoms with Crippen LogP contribution in [0.15, 0.2) is 42.9 Å². The van der Waals surface area contributed by atoms with E-state index in [1.165, 1.54) is 36.2 Å². The van der Waals surface area contributed by atoms with Crippen LogP contribution in [-0.4, -0.2) is 50.0 Å². The van der Waals surface area contributed by atoms with Crippen molar-refractivity contribution >= 4 is 5.91 Å². The van der Waals surface area contributed by atoms with Gasteiger partial charge in [0.25, 0.3) is 5.91 Å². The third-order valence-corrected chi connectivity index (χ3v) is 6.07. The molecule has 0 saturated carbocycles. The number of halogens is 4. The summed E-state index contributed by atoms with van der Waals surface area (Å²) in [6.07, 6.45) is 0.742. The number of alkyl halides is 3. The van der Waals surface area contributed by atoms with Crippen LogP contribution >= 0.6 is 0 Å². The molecule has 7 nitrogen and oxygen atoms in total. The van der Waals surface area contributed by atoms with Gasteiger partial charge in [0.05, 0.1) is 35.2 Å². The lowest BCUT2D eigenvalue weighted by molar-refractivity contribution is -0.137. The van der Waals surface area contributed by atoms with Crippen molar-refractivity contribution in [2.75, 3.05) is 13.2 Å². The number of amides is 1. The van der Waals surface area contributed by atoms with E-state index >= 15 is 0 Å². The number of pyridine rings is 1. The SMILES string of the molecule is Cc1c(F)ccc(-n2nccn2)c1C(=O)N1CCCC(C)C1COc1ccc(C(F)(F)F)cn1. The number of likely N-dealkylation sites (tertiary alicyclic amines) is 1. The molecule has 0 radical (unpaired) electrons. The lowest BCUT2D eigenvalue weighted by Gasteiger charge is -2.40. The van der Waals surface area contributed by atoms with Gasteiger partial charge in [0.2, 0.25) is 5.88 Å². The highest BCUT2D eigenvalue weighted by atomic mass is 19.4. The fraction of sp³-hybridized carbons (Fsp3) is 0.391. The third-order valence-electron chi connectivity index (χ3n) is 6.07. The number of rotatable bonds is 5. The number of carbonyl (C=O) groups is 1. The van der Waals surface area contributed by atoms with Crippen molar-refractivity contribution in [3.63, 3.8) is 0 Å².